The van der Waals surface area contributed by atoms with Crippen molar-refractivity contribution in [3.63, 3.8) is 0 Å². The Morgan fingerprint density at radius 3 is 2.44 bits per heavy atom. The first-order valence-corrected chi connectivity index (χ1v) is 4.99. The second-order valence-corrected chi connectivity index (χ2v) is 3.81. The Kier molecular flexibility index (Phi) is 2.68. The first-order chi connectivity index (χ1) is 8.29. The van der Waals surface area contributed by atoms with Crippen molar-refractivity contribution in [1.29, 1.82) is 0 Å². The molecular weight excluding hydrogens is 247 g/mol. The second kappa shape index (κ2) is 3.94. The molecule has 18 heavy (non-hydrogen) atoms. The Balaban J connectivity index is 2.54. The number of nitrogens with zero attached hydrogens (tertiary/aromatic N) is 2. The Bertz CT molecular complexity index is 570. The number of nitrogen functional groups attached to an aromatic ring is 1. The maximum absolute atomic E-state index is 12.6. The van der Waals surface area contributed by atoms with Gasteiger partial charge in [-0.25, -0.2) is 0 Å². The first-order valence-electron chi connectivity index (χ1n) is 4.99. The van der Waals surface area contributed by atoms with Crippen LogP contribution in [0.15, 0.2) is 24.3 Å². The zero-order valence-corrected chi connectivity index (χ0v) is 9.36. The summed E-state index contributed by atoms with van der Waals surface area (Å²) in [4.78, 5) is 0. The molecule has 0 radical (unpaired) electrons. The van der Waals surface area contributed by atoms with E-state index in [-0.39, 0.29) is 5.56 Å². The van der Waals surface area contributed by atoms with Crippen molar-refractivity contribution >= 4 is 5.82 Å². The highest BCUT2D eigenvalue weighted by atomic mass is 19.4. The molecule has 96 valence electrons. The molecule has 0 aliphatic rings. The van der Waals surface area contributed by atoms with Gasteiger partial charge in [-0.15, -0.1) is 0 Å². The SMILES string of the molecule is Cn1nc(-c2ccc(O)c(C(F)(F)F)c2)cc1N. The molecule has 0 atom stereocenters. The quantitative estimate of drug-likeness (QED) is 0.824. The number of aromatic nitrogens is 2. The van der Waals surface area contributed by atoms with E-state index in [0.717, 1.165) is 12.1 Å². The topological polar surface area (TPSA) is 64.1 Å². The summed E-state index contributed by atoms with van der Waals surface area (Å²) in [5, 5.41) is 13.2. The maximum atomic E-state index is 12.6. The highest BCUT2D eigenvalue weighted by Crippen LogP contribution is 2.37. The van der Waals surface area contributed by atoms with Crippen molar-refractivity contribution in [3.8, 4) is 17.0 Å². The fraction of sp³-hybridized carbons (Fsp3) is 0.182. The van der Waals surface area contributed by atoms with Gasteiger partial charge in [0.15, 0.2) is 0 Å². The molecule has 0 aliphatic carbocycles. The molecule has 0 amide bonds. The highest BCUT2D eigenvalue weighted by Gasteiger charge is 2.34. The van der Waals surface area contributed by atoms with Gasteiger partial charge < -0.3 is 10.8 Å². The van der Waals surface area contributed by atoms with Crippen LogP contribution in [0.4, 0.5) is 19.0 Å². The number of rotatable bonds is 1. The van der Waals surface area contributed by atoms with Crippen molar-refractivity contribution in [2.75, 3.05) is 5.73 Å². The molecule has 0 spiro atoms. The lowest BCUT2D eigenvalue weighted by atomic mass is 10.1. The number of aromatic hydroxyl groups is 1. The number of alkyl halides is 3. The van der Waals surface area contributed by atoms with Crippen molar-refractivity contribution in [2.24, 2.45) is 7.05 Å². The van der Waals surface area contributed by atoms with Crippen LogP contribution in [0.2, 0.25) is 0 Å². The summed E-state index contributed by atoms with van der Waals surface area (Å²) in [7, 11) is 1.59. The zero-order chi connectivity index (χ0) is 13.5. The molecule has 2 rings (SSSR count). The van der Waals surface area contributed by atoms with Crippen LogP contribution in [-0.2, 0) is 13.2 Å². The fourth-order valence-electron chi connectivity index (χ4n) is 1.55. The number of phenols is 1. The number of benzene rings is 1. The monoisotopic (exact) mass is 257 g/mol. The molecule has 0 saturated heterocycles. The minimum absolute atomic E-state index is 0.243. The van der Waals surface area contributed by atoms with Crippen molar-refractivity contribution in [2.45, 2.75) is 6.18 Å². The molecule has 0 fully saturated rings. The van der Waals surface area contributed by atoms with Gasteiger partial charge in [-0.1, -0.05) is 0 Å². The normalized spacial score (nSPS) is 11.8. The van der Waals surface area contributed by atoms with E-state index in [9.17, 15) is 18.3 Å². The zero-order valence-electron chi connectivity index (χ0n) is 9.36. The van der Waals surface area contributed by atoms with Crippen LogP contribution in [0.25, 0.3) is 11.3 Å². The van der Waals surface area contributed by atoms with Gasteiger partial charge in [-0.3, -0.25) is 4.68 Å². The average molecular weight is 257 g/mol. The van der Waals surface area contributed by atoms with Crippen molar-refractivity contribution < 1.29 is 18.3 Å². The summed E-state index contributed by atoms with van der Waals surface area (Å²) >= 11 is 0. The third-order valence-corrected chi connectivity index (χ3v) is 2.51. The molecule has 0 aliphatic heterocycles. The van der Waals surface area contributed by atoms with Crippen LogP contribution >= 0.6 is 0 Å². The second-order valence-electron chi connectivity index (χ2n) is 3.81. The summed E-state index contributed by atoms with van der Waals surface area (Å²) in [6.45, 7) is 0. The van der Waals surface area contributed by atoms with E-state index >= 15 is 0 Å². The van der Waals surface area contributed by atoms with Crippen LogP contribution < -0.4 is 5.73 Å². The van der Waals surface area contributed by atoms with Crippen molar-refractivity contribution in [1.82, 2.24) is 9.78 Å². The number of aryl methyl sites for hydroxylation is 1. The van der Waals surface area contributed by atoms with Gasteiger partial charge in [-0.05, 0) is 18.2 Å². The molecule has 0 bridgehead atoms. The third kappa shape index (κ3) is 2.11. The van der Waals surface area contributed by atoms with E-state index < -0.39 is 17.5 Å². The number of phenolic OH excluding ortho intramolecular Hbond substituents is 1. The van der Waals surface area contributed by atoms with Crippen LogP contribution in [-0.4, -0.2) is 14.9 Å². The molecule has 2 aromatic rings. The van der Waals surface area contributed by atoms with E-state index in [1.165, 1.54) is 16.8 Å². The lowest BCUT2D eigenvalue weighted by molar-refractivity contribution is -0.138. The van der Waals surface area contributed by atoms with Gasteiger partial charge in [0.2, 0.25) is 0 Å². The van der Waals surface area contributed by atoms with Gasteiger partial charge >= 0.3 is 6.18 Å². The van der Waals surface area contributed by atoms with E-state index in [0.29, 0.717) is 11.5 Å². The molecule has 7 heteroatoms. The largest absolute Gasteiger partial charge is 0.507 e. The smallest absolute Gasteiger partial charge is 0.419 e. The molecule has 3 N–H and O–H groups in total. The van der Waals surface area contributed by atoms with E-state index in [4.69, 9.17) is 5.73 Å². The van der Waals surface area contributed by atoms with Crippen LogP contribution in [0.3, 0.4) is 0 Å². The first kappa shape index (κ1) is 12.3. The number of halogens is 3. The lowest BCUT2D eigenvalue weighted by Gasteiger charge is -2.09. The Morgan fingerprint density at radius 2 is 1.94 bits per heavy atom. The summed E-state index contributed by atoms with van der Waals surface area (Å²) in [6.07, 6.45) is -4.61. The van der Waals surface area contributed by atoms with Gasteiger partial charge in [0.25, 0.3) is 0 Å². The summed E-state index contributed by atoms with van der Waals surface area (Å²) in [5.41, 5.74) is 5.03. The maximum Gasteiger partial charge on any atom is 0.419 e. The van der Waals surface area contributed by atoms with Crippen molar-refractivity contribution in [3.05, 3.63) is 29.8 Å². The highest BCUT2D eigenvalue weighted by molar-refractivity contribution is 5.64. The summed E-state index contributed by atoms with van der Waals surface area (Å²) in [5.74, 6) is -0.471. The fourth-order valence-corrected chi connectivity index (χ4v) is 1.55. The number of anilines is 1. The average Bonchev–Trinajstić information content (AvgIpc) is 2.58. The lowest BCUT2D eigenvalue weighted by Crippen LogP contribution is -2.05. The number of hydrogen-bond donors (Lipinski definition) is 2. The molecule has 1 heterocycles. The van der Waals surface area contributed by atoms with Gasteiger partial charge in [0, 0.05) is 18.7 Å². The molecule has 1 aromatic heterocycles. The van der Waals surface area contributed by atoms with Gasteiger partial charge in [0.1, 0.15) is 11.6 Å². The van der Waals surface area contributed by atoms with E-state index in [1.54, 1.807) is 7.05 Å². The summed E-state index contributed by atoms with van der Waals surface area (Å²) in [6, 6.07) is 4.65. The Morgan fingerprint density at radius 1 is 1.28 bits per heavy atom. The van der Waals surface area contributed by atoms with Crippen LogP contribution in [0.1, 0.15) is 5.56 Å². The standard InChI is InChI=1S/C11H10F3N3O/c1-17-10(15)5-8(16-17)6-2-3-9(18)7(4-6)11(12,13)14/h2-5,18H,15H2,1H3. The predicted molar refractivity (Wildman–Crippen MR) is 59.7 cm³/mol. The Hall–Kier alpha value is -2.18. The molecule has 0 unspecified atom stereocenters. The molecular formula is C11H10F3N3O. The minimum Gasteiger partial charge on any atom is -0.507 e. The molecule has 0 saturated carbocycles. The van der Waals surface area contributed by atoms with Gasteiger partial charge in [-0.2, -0.15) is 18.3 Å². The van der Waals surface area contributed by atoms with Crippen LogP contribution in [0.5, 0.6) is 5.75 Å². The Labute approximate surface area is 100 Å². The number of nitrogens with two attached hydrogens (primary N) is 1. The van der Waals surface area contributed by atoms with Crippen LogP contribution in [0, 0.1) is 0 Å². The third-order valence-electron chi connectivity index (χ3n) is 2.51. The molecule has 1 aromatic carbocycles. The van der Waals surface area contributed by atoms with E-state index in [1.807, 2.05) is 0 Å². The summed E-state index contributed by atoms with van der Waals surface area (Å²) < 4.78 is 39.2. The number of hydrogen-bond acceptors (Lipinski definition) is 3. The molecule has 4 nitrogen and oxygen atoms in total. The van der Waals surface area contributed by atoms with E-state index in [2.05, 4.69) is 5.10 Å². The minimum atomic E-state index is -4.61. The van der Waals surface area contributed by atoms with Gasteiger partial charge in [0.05, 0.1) is 11.3 Å². The predicted octanol–water partition coefficient (Wildman–Crippen LogP) is 2.39.